The molecule has 0 aliphatic heterocycles. The molecule has 0 amide bonds. The molecule has 0 unspecified atom stereocenters. The lowest BCUT2D eigenvalue weighted by Gasteiger charge is -2.11. The molecule has 0 saturated heterocycles. The van der Waals surface area contributed by atoms with Gasteiger partial charge in [0.15, 0.2) is 0 Å². The fourth-order valence-corrected chi connectivity index (χ4v) is 3.32. The van der Waals surface area contributed by atoms with E-state index in [-0.39, 0.29) is 24.8 Å². The van der Waals surface area contributed by atoms with Crippen LogP contribution in [0, 0.1) is 5.82 Å². The molecule has 4 aromatic rings. The van der Waals surface area contributed by atoms with E-state index >= 15 is 0 Å². The molecule has 0 aliphatic rings. The van der Waals surface area contributed by atoms with Crippen LogP contribution in [-0.2, 0) is 6.61 Å². The summed E-state index contributed by atoms with van der Waals surface area (Å²) in [4.78, 5) is 7.79. The first-order chi connectivity index (χ1) is 14.1. The van der Waals surface area contributed by atoms with Gasteiger partial charge in [0.1, 0.15) is 29.7 Å². The Morgan fingerprint density at radius 1 is 1.03 bits per heavy atom. The first-order valence-corrected chi connectivity index (χ1v) is 9.79. The number of hydrogen-bond donors (Lipinski definition) is 1. The van der Waals surface area contributed by atoms with Gasteiger partial charge in [0, 0.05) is 27.2 Å². The number of methoxy groups -OCH3 is 1. The predicted molar refractivity (Wildman–Crippen MR) is 122 cm³/mol. The second kappa shape index (κ2) is 9.78. The fourth-order valence-electron chi connectivity index (χ4n) is 2.98. The van der Waals surface area contributed by atoms with E-state index < -0.39 is 0 Å². The minimum atomic E-state index is -0.311. The molecule has 0 radical (unpaired) electrons. The first-order valence-electron chi connectivity index (χ1n) is 8.99. The van der Waals surface area contributed by atoms with Crippen LogP contribution in [0.3, 0.4) is 0 Å². The molecule has 30 heavy (non-hydrogen) atoms. The summed E-state index contributed by atoms with van der Waals surface area (Å²) >= 11 is 3.25. The van der Waals surface area contributed by atoms with E-state index in [1.165, 1.54) is 6.07 Å². The van der Waals surface area contributed by atoms with Crippen LogP contribution in [0.2, 0.25) is 0 Å². The molecule has 0 spiro atoms. The van der Waals surface area contributed by atoms with Gasteiger partial charge in [-0.15, -0.1) is 12.4 Å². The predicted octanol–water partition coefficient (Wildman–Crippen LogP) is 6.65. The van der Waals surface area contributed by atoms with Crippen molar-refractivity contribution in [1.82, 2.24) is 9.97 Å². The minimum absolute atomic E-state index is 0. The van der Waals surface area contributed by atoms with Crippen LogP contribution < -0.4 is 9.47 Å². The van der Waals surface area contributed by atoms with Crippen LogP contribution in [0.1, 0.15) is 5.56 Å². The third-order valence-electron chi connectivity index (χ3n) is 4.50. The monoisotopic (exact) mass is 488 g/mol. The van der Waals surface area contributed by atoms with Crippen molar-refractivity contribution in [2.45, 2.75) is 6.61 Å². The van der Waals surface area contributed by atoms with Crippen LogP contribution in [0.5, 0.6) is 11.5 Å². The smallest absolute Gasteiger partial charge is 0.137 e. The Labute approximate surface area is 188 Å². The maximum atomic E-state index is 14.0. The minimum Gasteiger partial charge on any atom is -0.496 e. The van der Waals surface area contributed by atoms with Gasteiger partial charge in [-0.25, -0.2) is 9.37 Å². The van der Waals surface area contributed by atoms with E-state index in [2.05, 4.69) is 25.9 Å². The van der Waals surface area contributed by atoms with E-state index in [9.17, 15) is 4.39 Å². The standard InChI is InChI=1S/C23H18BrFN2O2.ClH/c1-28-22-12-18(29-14-16-7-8-17(24)11-20(16)25)9-10-19(22)21-13-26-23(27-21)15-5-3-2-4-6-15;/h2-13H,14H2,1H3,(H,26,27);1H. The molecule has 154 valence electrons. The second-order valence-corrected chi connectivity index (χ2v) is 7.31. The van der Waals surface area contributed by atoms with Gasteiger partial charge in [0.25, 0.3) is 0 Å². The van der Waals surface area contributed by atoms with E-state index in [1.54, 1.807) is 31.5 Å². The van der Waals surface area contributed by atoms with Gasteiger partial charge in [-0.3, -0.25) is 0 Å². The summed E-state index contributed by atoms with van der Waals surface area (Å²) in [6, 6.07) is 20.3. The van der Waals surface area contributed by atoms with E-state index in [1.807, 2.05) is 42.5 Å². The van der Waals surface area contributed by atoms with Crippen molar-refractivity contribution >= 4 is 28.3 Å². The highest BCUT2D eigenvalue weighted by Gasteiger charge is 2.12. The lowest BCUT2D eigenvalue weighted by Crippen LogP contribution is -1.99. The van der Waals surface area contributed by atoms with Crippen LogP contribution in [0.15, 0.2) is 77.4 Å². The summed E-state index contributed by atoms with van der Waals surface area (Å²) in [7, 11) is 1.60. The lowest BCUT2D eigenvalue weighted by molar-refractivity contribution is 0.297. The number of ether oxygens (including phenoxy) is 2. The van der Waals surface area contributed by atoms with E-state index in [0.717, 1.165) is 22.6 Å². The summed E-state index contributed by atoms with van der Waals surface area (Å²) < 4.78 is 26.0. The zero-order chi connectivity index (χ0) is 20.2. The molecule has 1 N–H and O–H groups in total. The normalized spacial score (nSPS) is 10.4. The third-order valence-corrected chi connectivity index (χ3v) is 4.99. The number of rotatable bonds is 6. The Bertz CT molecular complexity index is 1140. The molecule has 1 aromatic heterocycles. The van der Waals surface area contributed by atoms with Gasteiger partial charge >= 0.3 is 0 Å². The van der Waals surface area contributed by atoms with Gasteiger partial charge in [0.2, 0.25) is 0 Å². The molecule has 0 bridgehead atoms. The van der Waals surface area contributed by atoms with Gasteiger partial charge < -0.3 is 14.5 Å². The second-order valence-electron chi connectivity index (χ2n) is 6.40. The zero-order valence-electron chi connectivity index (χ0n) is 16.1. The van der Waals surface area contributed by atoms with Gasteiger partial charge in [-0.1, -0.05) is 52.3 Å². The average molecular weight is 490 g/mol. The molecule has 0 fully saturated rings. The van der Waals surface area contributed by atoms with Crippen LogP contribution in [0.4, 0.5) is 4.39 Å². The Kier molecular flexibility index (Phi) is 7.13. The van der Waals surface area contributed by atoms with Gasteiger partial charge in [0.05, 0.1) is 19.0 Å². The number of benzene rings is 3. The molecular weight excluding hydrogens is 471 g/mol. The fraction of sp³-hybridized carbons (Fsp3) is 0.0870. The zero-order valence-corrected chi connectivity index (χ0v) is 18.5. The lowest BCUT2D eigenvalue weighted by atomic mass is 10.1. The number of aromatic amines is 1. The van der Waals surface area contributed by atoms with Crippen molar-refractivity contribution in [3.05, 3.63) is 88.8 Å². The van der Waals surface area contributed by atoms with Gasteiger partial charge in [-0.05, 0) is 24.3 Å². The number of hydrogen-bond acceptors (Lipinski definition) is 3. The van der Waals surface area contributed by atoms with Crippen molar-refractivity contribution < 1.29 is 13.9 Å². The maximum absolute atomic E-state index is 14.0. The SMILES string of the molecule is COc1cc(OCc2ccc(Br)cc2F)ccc1-c1cnc(-c2ccccc2)[nH]1.Cl. The Morgan fingerprint density at radius 3 is 2.57 bits per heavy atom. The van der Waals surface area contributed by atoms with Crippen LogP contribution in [-0.4, -0.2) is 17.1 Å². The molecule has 4 rings (SSSR count). The third kappa shape index (κ3) is 4.83. The van der Waals surface area contributed by atoms with Crippen molar-refractivity contribution in [2.75, 3.05) is 7.11 Å². The molecule has 4 nitrogen and oxygen atoms in total. The summed E-state index contributed by atoms with van der Waals surface area (Å²) in [5, 5.41) is 0. The summed E-state index contributed by atoms with van der Waals surface area (Å²) in [6.07, 6.45) is 1.78. The van der Waals surface area contributed by atoms with Crippen LogP contribution >= 0.6 is 28.3 Å². The number of halogens is 3. The molecule has 0 aliphatic carbocycles. The van der Waals surface area contributed by atoms with Crippen molar-refractivity contribution in [1.29, 1.82) is 0 Å². The summed E-state index contributed by atoms with van der Waals surface area (Å²) in [5.74, 6) is 1.71. The summed E-state index contributed by atoms with van der Waals surface area (Å²) in [5.41, 5.74) is 3.20. The molecular formula is C23H19BrClFN2O2. The Balaban J connectivity index is 0.00000256. The number of aromatic nitrogens is 2. The first kappa shape index (κ1) is 21.9. The Hall–Kier alpha value is -2.83. The molecule has 1 heterocycles. The van der Waals surface area contributed by atoms with E-state index in [4.69, 9.17) is 9.47 Å². The average Bonchev–Trinajstić information content (AvgIpc) is 3.23. The highest BCUT2D eigenvalue weighted by Crippen LogP contribution is 2.33. The maximum Gasteiger partial charge on any atom is 0.137 e. The quantitative estimate of drug-likeness (QED) is 0.330. The number of imidazole rings is 1. The molecule has 0 saturated carbocycles. The Morgan fingerprint density at radius 2 is 1.83 bits per heavy atom. The highest BCUT2D eigenvalue weighted by molar-refractivity contribution is 9.10. The van der Waals surface area contributed by atoms with Crippen molar-refractivity contribution in [3.63, 3.8) is 0 Å². The highest BCUT2D eigenvalue weighted by atomic mass is 79.9. The number of nitrogens with one attached hydrogen (secondary N) is 1. The number of nitrogens with zero attached hydrogens (tertiary/aromatic N) is 1. The molecule has 7 heteroatoms. The van der Waals surface area contributed by atoms with Crippen molar-refractivity contribution in [2.24, 2.45) is 0 Å². The summed E-state index contributed by atoms with van der Waals surface area (Å²) in [6.45, 7) is 0.129. The number of H-pyrrole nitrogens is 1. The largest absolute Gasteiger partial charge is 0.496 e. The molecule has 0 atom stereocenters. The van der Waals surface area contributed by atoms with E-state index in [0.29, 0.717) is 21.5 Å². The van der Waals surface area contributed by atoms with Crippen LogP contribution in [0.25, 0.3) is 22.6 Å². The van der Waals surface area contributed by atoms with Crippen molar-refractivity contribution in [3.8, 4) is 34.1 Å². The molecule has 3 aromatic carbocycles. The topological polar surface area (TPSA) is 47.1 Å². The van der Waals surface area contributed by atoms with Gasteiger partial charge in [-0.2, -0.15) is 0 Å².